The first-order chi connectivity index (χ1) is 14.3. The molecule has 0 radical (unpaired) electrons. The lowest BCUT2D eigenvalue weighted by Crippen LogP contribution is -2.38. The Morgan fingerprint density at radius 3 is 2.21 bits per heavy atom. The number of ether oxygens (including phenoxy) is 1. The summed E-state index contributed by atoms with van der Waals surface area (Å²) in [5.74, 6) is 0. The van der Waals surface area contributed by atoms with Gasteiger partial charge in [-0.25, -0.2) is 4.79 Å². The van der Waals surface area contributed by atoms with Crippen LogP contribution >= 0.6 is 0 Å². The van der Waals surface area contributed by atoms with Crippen molar-refractivity contribution >= 4 is 11.8 Å². The third kappa shape index (κ3) is 5.24. The molecule has 1 saturated heterocycles. The van der Waals surface area contributed by atoms with Crippen LogP contribution in [0.15, 0.2) is 84.9 Å². The fourth-order valence-electron chi connectivity index (χ4n) is 3.78. The van der Waals surface area contributed by atoms with Gasteiger partial charge in [-0.05, 0) is 30.0 Å². The number of benzene rings is 3. The zero-order chi connectivity index (χ0) is 19.9. The second-order valence-corrected chi connectivity index (χ2v) is 7.40. The van der Waals surface area contributed by atoms with Gasteiger partial charge in [0.25, 0.3) is 0 Å². The van der Waals surface area contributed by atoms with E-state index in [2.05, 4.69) is 34.5 Å². The number of piperidine rings is 1. The molecule has 0 aliphatic carbocycles. The van der Waals surface area contributed by atoms with Gasteiger partial charge < -0.3 is 4.74 Å². The summed E-state index contributed by atoms with van der Waals surface area (Å²) in [4.78, 5) is 14.9. The van der Waals surface area contributed by atoms with Crippen LogP contribution in [0.3, 0.4) is 0 Å². The highest BCUT2D eigenvalue weighted by molar-refractivity contribution is 5.91. The van der Waals surface area contributed by atoms with E-state index in [0.29, 0.717) is 0 Å². The Bertz CT molecular complexity index is 920. The Kier molecular flexibility index (Phi) is 6.22. The summed E-state index contributed by atoms with van der Waals surface area (Å²) in [6.07, 6.45) is 1.31. The number of hydrogen-bond acceptors (Lipinski definition) is 3. The Morgan fingerprint density at radius 2 is 1.48 bits per heavy atom. The molecule has 0 saturated carbocycles. The maximum Gasteiger partial charge on any atom is 0.411 e. The van der Waals surface area contributed by atoms with Gasteiger partial charge in [0.1, 0.15) is 6.10 Å². The van der Waals surface area contributed by atoms with Crippen molar-refractivity contribution in [1.29, 1.82) is 0 Å². The second kappa shape index (κ2) is 9.39. The van der Waals surface area contributed by atoms with E-state index < -0.39 is 0 Å². The van der Waals surface area contributed by atoms with Crippen LogP contribution in [0, 0.1) is 0 Å². The molecule has 0 aromatic heterocycles. The molecule has 1 amide bonds. The van der Waals surface area contributed by atoms with E-state index in [9.17, 15) is 4.79 Å². The van der Waals surface area contributed by atoms with Crippen LogP contribution in [0.5, 0.6) is 0 Å². The molecule has 4 heteroatoms. The minimum Gasteiger partial charge on any atom is -0.446 e. The van der Waals surface area contributed by atoms with E-state index in [1.165, 1.54) is 5.56 Å². The van der Waals surface area contributed by atoms with Crippen molar-refractivity contribution in [3.05, 3.63) is 90.5 Å². The summed E-state index contributed by atoms with van der Waals surface area (Å²) in [6.45, 7) is 2.82. The maximum absolute atomic E-state index is 12.5. The van der Waals surface area contributed by atoms with Crippen molar-refractivity contribution in [2.45, 2.75) is 25.5 Å². The van der Waals surface area contributed by atoms with Crippen LogP contribution in [0.4, 0.5) is 10.5 Å². The molecule has 148 valence electrons. The average Bonchev–Trinajstić information content (AvgIpc) is 2.77. The van der Waals surface area contributed by atoms with E-state index in [1.54, 1.807) is 0 Å². The summed E-state index contributed by atoms with van der Waals surface area (Å²) in [5.41, 5.74) is 4.15. The highest BCUT2D eigenvalue weighted by Gasteiger charge is 2.22. The van der Waals surface area contributed by atoms with Crippen molar-refractivity contribution in [2.75, 3.05) is 18.4 Å². The van der Waals surface area contributed by atoms with Gasteiger partial charge >= 0.3 is 6.09 Å². The van der Waals surface area contributed by atoms with Crippen LogP contribution in [0.2, 0.25) is 0 Å². The molecule has 1 heterocycles. The van der Waals surface area contributed by atoms with E-state index in [1.807, 2.05) is 60.7 Å². The van der Waals surface area contributed by atoms with E-state index in [4.69, 9.17) is 4.74 Å². The van der Waals surface area contributed by atoms with Crippen LogP contribution < -0.4 is 5.32 Å². The average molecular weight is 386 g/mol. The molecule has 1 aliphatic rings. The highest BCUT2D eigenvalue weighted by Crippen LogP contribution is 2.28. The Morgan fingerprint density at radius 1 is 0.862 bits per heavy atom. The smallest absolute Gasteiger partial charge is 0.411 e. The molecule has 29 heavy (non-hydrogen) atoms. The molecule has 0 unspecified atom stereocenters. The van der Waals surface area contributed by atoms with Gasteiger partial charge in [0.2, 0.25) is 0 Å². The van der Waals surface area contributed by atoms with Crippen molar-refractivity contribution in [3.63, 3.8) is 0 Å². The number of para-hydroxylation sites is 1. The van der Waals surface area contributed by atoms with E-state index in [-0.39, 0.29) is 12.2 Å². The van der Waals surface area contributed by atoms with Crippen molar-refractivity contribution in [2.24, 2.45) is 0 Å². The molecule has 3 aromatic rings. The Hall–Kier alpha value is -3.11. The number of carbonyl (C=O) groups is 1. The monoisotopic (exact) mass is 386 g/mol. The van der Waals surface area contributed by atoms with Crippen LogP contribution in [-0.4, -0.2) is 30.2 Å². The molecule has 4 rings (SSSR count). The molecule has 0 atom stereocenters. The number of likely N-dealkylation sites (tertiary alicyclic amines) is 1. The zero-order valence-electron chi connectivity index (χ0n) is 16.5. The zero-order valence-corrected chi connectivity index (χ0v) is 16.5. The minimum atomic E-state index is -0.380. The first kappa shape index (κ1) is 19.2. The quantitative estimate of drug-likeness (QED) is 0.623. The largest absolute Gasteiger partial charge is 0.446 e. The number of rotatable bonds is 5. The molecular formula is C25H26N2O2. The van der Waals surface area contributed by atoms with Gasteiger partial charge in [-0.1, -0.05) is 78.9 Å². The molecular weight excluding hydrogens is 360 g/mol. The third-order valence-electron chi connectivity index (χ3n) is 5.31. The van der Waals surface area contributed by atoms with Gasteiger partial charge in [0, 0.05) is 25.2 Å². The van der Waals surface area contributed by atoms with Crippen LogP contribution in [0.25, 0.3) is 11.1 Å². The second-order valence-electron chi connectivity index (χ2n) is 7.40. The first-order valence-electron chi connectivity index (χ1n) is 10.2. The summed E-state index contributed by atoms with van der Waals surface area (Å²) < 4.78 is 5.71. The van der Waals surface area contributed by atoms with Crippen LogP contribution in [0.1, 0.15) is 18.4 Å². The normalized spacial score (nSPS) is 15.0. The number of anilines is 1. The molecule has 0 bridgehead atoms. The number of hydrogen-bond donors (Lipinski definition) is 1. The lowest BCUT2D eigenvalue weighted by molar-refractivity contribution is 0.0567. The minimum absolute atomic E-state index is 0.0362. The predicted molar refractivity (Wildman–Crippen MR) is 117 cm³/mol. The van der Waals surface area contributed by atoms with Gasteiger partial charge in [0.15, 0.2) is 0 Å². The highest BCUT2D eigenvalue weighted by atomic mass is 16.6. The first-order valence-corrected chi connectivity index (χ1v) is 10.2. The Labute approximate surface area is 172 Å². The molecule has 1 fully saturated rings. The molecule has 3 aromatic carbocycles. The summed E-state index contributed by atoms with van der Waals surface area (Å²) in [7, 11) is 0. The summed E-state index contributed by atoms with van der Waals surface area (Å²) >= 11 is 0. The van der Waals surface area contributed by atoms with Gasteiger partial charge in [-0.15, -0.1) is 0 Å². The fourth-order valence-corrected chi connectivity index (χ4v) is 3.78. The molecule has 4 nitrogen and oxygen atoms in total. The van der Waals surface area contributed by atoms with Gasteiger partial charge in [-0.3, -0.25) is 10.2 Å². The lowest BCUT2D eigenvalue weighted by Gasteiger charge is -2.31. The summed E-state index contributed by atoms with van der Waals surface area (Å²) in [6, 6.07) is 28.3. The lowest BCUT2D eigenvalue weighted by atomic mass is 10.0. The number of carbonyl (C=O) groups excluding carboxylic acids is 1. The predicted octanol–water partition coefficient (Wildman–Crippen LogP) is 5.57. The number of nitrogens with zero attached hydrogens (tertiary/aromatic N) is 1. The third-order valence-corrected chi connectivity index (χ3v) is 5.31. The standard InChI is InChI=1S/C25H26N2O2/c28-25(26-24-14-8-7-13-23(24)21-11-5-2-6-12-21)29-22-15-17-27(18-16-22)19-20-9-3-1-4-10-20/h1-14,22H,15-19H2,(H,26,28). The summed E-state index contributed by atoms with van der Waals surface area (Å²) in [5, 5.41) is 2.93. The topological polar surface area (TPSA) is 41.6 Å². The van der Waals surface area contributed by atoms with E-state index in [0.717, 1.165) is 49.3 Å². The van der Waals surface area contributed by atoms with E-state index >= 15 is 0 Å². The number of amides is 1. The molecule has 0 spiro atoms. The molecule has 1 aliphatic heterocycles. The van der Waals surface area contributed by atoms with Gasteiger partial charge in [-0.2, -0.15) is 0 Å². The Balaban J connectivity index is 1.30. The fraction of sp³-hybridized carbons (Fsp3) is 0.240. The number of nitrogens with one attached hydrogen (secondary N) is 1. The SMILES string of the molecule is O=C(Nc1ccccc1-c1ccccc1)OC1CCN(Cc2ccccc2)CC1. The van der Waals surface area contributed by atoms with Crippen molar-refractivity contribution < 1.29 is 9.53 Å². The van der Waals surface area contributed by atoms with Crippen LogP contribution in [-0.2, 0) is 11.3 Å². The van der Waals surface area contributed by atoms with Crippen molar-refractivity contribution in [1.82, 2.24) is 4.90 Å². The molecule has 1 N–H and O–H groups in total. The van der Waals surface area contributed by atoms with Gasteiger partial charge in [0.05, 0.1) is 5.69 Å². The van der Waals surface area contributed by atoms with Crippen molar-refractivity contribution in [3.8, 4) is 11.1 Å². The maximum atomic E-state index is 12.5.